The lowest BCUT2D eigenvalue weighted by atomic mass is 9.48. The Bertz CT molecular complexity index is 1120. The van der Waals surface area contributed by atoms with Gasteiger partial charge >= 0.3 is 0 Å². The van der Waals surface area contributed by atoms with Gasteiger partial charge in [-0.25, -0.2) is 0 Å². The van der Waals surface area contributed by atoms with Crippen LogP contribution in [0, 0.1) is 41.4 Å². The van der Waals surface area contributed by atoms with E-state index in [2.05, 4.69) is 26.0 Å². The summed E-state index contributed by atoms with van der Waals surface area (Å²) < 4.78 is 30.4. The van der Waals surface area contributed by atoms with E-state index in [4.69, 9.17) is 4.18 Å². The van der Waals surface area contributed by atoms with Crippen LogP contribution in [0.1, 0.15) is 70.8 Å². The molecule has 5 rings (SSSR count). The summed E-state index contributed by atoms with van der Waals surface area (Å²) in [4.78, 5) is 12.3. The number of allylic oxidation sites excluding steroid dienone is 4. The molecule has 0 radical (unpaired) electrons. The molecule has 2 fully saturated rings. The zero-order chi connectivity index (χ0) is 24.1. The quantitative estimate of drug-likeness (QED) is 0.347. The van der Waals surface area contributed by atoms with Gasteiger partial charge < -0.3 is 0 Å². The number of carbonyl (C=O) groups is 1. The summed E-state index contributed by atoms with van der Waals surface area (Å²) in [6.45, 7) is 7.07. The van der Waals surface area contributed by atoms with E-state index in [1.165, 1.54) is 31.3 Å². The predicted octanol–water partition coefficient (Wildman–Crippen LogP) is 6.40. The maximum absolute atomic E-state index is 12.5. The van der Waals surface area contributed by atoms with Crippen LogP contribution in [0.25, 0.3) is 0 Å². The van der Waals surface area contributed by atoms with Crippen molar-refractivity contribution in [1.82, 2.24) is 0 Å². The molecule has 4 nitrogen and oxygen atoms in total. The summed E-state index contributed by atoms with van der Waals surface area (Å²) in [5.41, 5.74) is 2.74. The lowest BCUT2D eigenvalue weighted by Crippen LogP contribution is -2.48. The van der Waals surface area contributed by atoms with Gasteiger partial charge in [-0.05, 0) is 110 Å². The standard InChI is InChI=1S/C29H38O4S/c1-20-6-10-24(11-7-20)34(31,32)33-18-4-5-21-9-13-26-25-12-8-22-19-23(30)14-16-29(22,3)27(25)15-17-28(21,26)2/h6-8,10-12,19,21,25-27H,4-5,9,13-18H2,1-3H3/t21-,25-,26-,27-,28+,29-/m0/s1. The lowest BCUT2D eigenvalue weighted by Gasteiger charge is -2.56. The molecule has 6 atom stereocenters. The molecule has 0 aromatic heterocycles. The van der Waals surface area contributed by atoms with E-state index in [0.717, 1.165) is 24.8 Å². The Kier molecular flexibility index (Phi) is 6.17. The summed E-state index contributed by atoms with van der Waals surface area (Å²) in [7, 11) is -3.69. The number of aryl methyl sites for hydroxylation is 1. The fraction of sp³-hybridized carbons (Fsp3) is 0.621. The maximum Gasteiger partial charge on any atom is 0.296 e. The maximum atomic E-state index is 12.5. The molecule has 0 spiro atoms. The molecule has 0 heterocycles. The number of carbonyl (C=O) groups excluding carboxylic acids is 1. The number of rotatable bonds is 6. The van der Waals surface area contributed by atoms with Crippen molar-refractivity contribution in [3.63, 3.8) is 0 Å². The van der Waals surface area contributed by atoms with E-state index >= 15 is 0 Å². The van der Waals surface area contributed by atoms with Crippen molar-refractivity contribution in [1.29, 1.82) is 0 Å². The minimum Gasteiger partial charge on any atom is -0.295 e. The highest BCUT2D eigenvalue weighted by atomic mass is 32.2. The van der Waals surface area contributed by atoms with Crippen LogP contribution < -0.4 is 0 Å². The molecule has 5 heteroatoms. The Labute approximate surface area is 205 Å². The molecule has 0 saturated heterocycles. The topological polar surface area (TPSA) is 60.4 Å². The largest absolute Gasteiger partial charge is 0.296 e. The summed E-state index contributed by atoms with van der Waals surface area (Å²) >= 11 is 0. The van der Waals surface area contributed by atoms with Crippen LogP contribution in [0.2, 0.25) is 0 Å². The van der Waals surface area contributed by atoms with Gasteiger partial charge in [-0.3, -0.25) is 8.98 Å². The van der Waals surface area contributed by atoms with E-state index in [1.807, 2.05) is 13.0 Å². The number of ketones is 1. The Morgan fingerprint density at radius 3 is 2.56 bits per heavy atom. The van der Waals surface area contributed by atoms with Crippen molar-refractivity contribution in [3.05, 3.63) is 53.6 Å². The molecule has 0 bridgehead atoms. The van der Waals surface area contributed by atoms with Gasteiger partial charge in [0.2, 0.25) is 0 Å². The highest BCUT2D eigenvalue weighted by Crippen LogP contribution is 2.65. The van der Waals surface area contributed by atoms with Crippen molar-refractivity contribution in [2.75, 3.05) is 6.61 Å². The third kappa shape index (κ3) is 4.03. The first-order valence-electron chi connectivity index (χ1n) is 13.0. The Morgan fingerprint density at radius 1 is 1.03 bits per heavy atom. The third-order valence-electron chi connectivity index (χ3n) is 9.96. The molecule has 1 aromatic rings. The molecule has 4 aliphatic rings. The minimum absolute atomic E-state index is 0.144. The molecule has 2 saturated carbocycles. The lowest BCUT2D eigenvalue weighted by molar-refractivity contribution is -0.116. The van der Waals surface area contributed by atoms with Crippen LogP contribution in [-0.4, -0.2) is 20.8 Å². The van der Waals surface area contributed by atoms with Gasteiger partial charge in [-0.2, -0.15) is 8.42 Å². The second kappa shape index (κ2) is 8.74. The minimum atomic E-state index is -3.69. The normalized spacial score (nSPS) is 37.0. The molecule has 34 heavy (non-hydrogen) atoms. The molecule has 0 unspecified atom stereocenters. The first-order chi connectivity index (χ1) is 16.1. The van der Waals surface area contributed by atoms with E-state index in [0.29, 0.717) is 35.5 Å². The van der Waals surface area contributed by atoms with Crippen molar-refractivity contribution in [2.24, 2.45) is 34.5 Å². The van der Waals surface area contributed by atoms with Crippen LogP contribution in [0.15, 0.2) is 53.0 Å². The summed E-state index contributed by atoms with van der Waals surface area (Å²) in [6.07, 6.45) is 15.0. The second-order valence-electron chi connectivity index (χ2n) is 11.7. The van der Waals surface area contributed by atoms with Gasteiger partial charge in [-0.15, -0.1) is 0 Å². The van der Waals surface area contributed by atoms with Gasteiger partial charge in [0.05, 0.1) is 11.5 Å². The predicted molar refractivity (Wildman–Crippen MR) is 134 cm³/mol. The molecular formula is C29H38O4S. The second-order valence-corrected chi connectivity index (χ2v) is 13.3. The van der Waals surface area contributed by atoms with Crippen molar-refractivity contribution < 1.29 is 17.4 Å². The fourth-order valence-electron chi connectivity index (χ4n) is 7.85. The zero-order valence-electron chi connectivity index (χ0n) is 20.8. The zero-order valence-corrected chi connectivity index (χ0v) is 21.6. The molecular weight excluding hydrogens is 444 g/mol. The molecule has 0 N–H and O–H groups in total. The van der Waals surface area contributed by atoms with Gasteiger partial charge in [0, 0.05) is 6.42 Å². The van der Waals surface area contributed by atoms with Crippen LogP contribution in [0.5, 0.6) is 0 Å². The monoisotopic (exact) mass is 482 g/mol. The summed E-state index contributed by atoms with van der Waals surface area (Å²) in [5.74, 6) is 2.81. The number of hydrogen-bond acceptors (Lipinski definition) is 4. The van der Waals surface area contributed by atoms with Crippen LogP contribution in [0.3, 0.4) is 0 Å². The molecule has 1 aromatic carbocycles. The summed E-state index contributed by atoms with van der Waals surface area (Å²) in [5, 5.41) is 0. The van der Waals surface area contributed by atoms with Gasteiger partial charge in [0.25, 0.3) is 10.1 Å². The number of fused-ring (bicyclic) bond motifs is 5. The van der Waals surface area contributed by atoms with E-state index in [9.17, 15) is 13.2 Å². The van der Waals surface area contributed by atoms with Crippen LogP contribution in [-0.2, 0) is 19.1 Å². The Hall–Kier alpha value is -1.72. The van der Waals surface area contributed by atoms with Crippen molar-refractivity contribution in [2.45, 2.75) is 77.0 Å². The molecule has 0 amide bonds. The average Bonchev–Trinajstić information content (AvgIpc) is 3.14. The van der Waals surface area contributed by atoms with Crippen LogP contribution in [0.4, 0.5) is 0 Å². The average molecular weight is 483 g/mol. The van der Waals surface area contributed by atoms with Crippen LogP contribution >= 0.6 is 0 Å². The number of benzene rings is 1. The van der Waals surface area contributed by atoms with E-state index in [-0.39, 0.29) is 22.7 Å². The SMILES string of the molecule is Cc1ccc(S(=O)(=O)OCCC[C@H]2CC[C@H]3[C@@H]4C=CC5=CC(=O)CC[C@]5(C)[C@H]4CC[C@]23C)cc1. The summed E-state index contributed by atoms with van der Waals surface area (Å²) in [6, 6.07) is 6.84. The highest BCUT2D eigenvalue weighted by Gasteiger charge is 2.57. The van der Waals surface area contributed by atoms with Crippen molar-refractivity contribution in [3.8, 4) is 0 Å². The fourth-order valence-corrected chi connectivity index (χ4v) is 8.79. The van der Waals surface area contributed by atoms with E-state index in [1.54, 1.807) is 24.3 Å². The highest BCUT2D eigenvalue weighted by molar-refractivity contribution is 7.86. The third-order valence-corrected chi connectivity index (χ3v) is 11.3. The Balaban J connectivity index is 1.22. The van der Waals surface area contributed by atoms with Gasteiger partial charge in [0.15, 0.2) is 5.78 Å². The van der Waals surface area contributed by atoms with E-state index < -0.39 is 10.1 Å². The molecule has 184 valence electrons. The molecule has 4 aliphatic carbocycles. The first kappa shape index (κ1) is 24.0. The Morgan fingerprint density at radius 2 is 1.79 bits per heavy atom. The number of hydrogen-bond donors (Lipinski definition) is 0. The van der Waals surface area contributed by atoms with Gasteiger partial charge in [-0.1, -0.05) is 43.7 Å². The first-order valence-corrected chi connectivity index (χ1v) is 14.4. The smallest absolute Gasteiger partial charge is 0.295 e. The van der Waals surface area contributed by atoms with Gasteiger partial charge in [0.1, 0.15) is 0 Å². The molecule has 0 aliphatic heterocycles. The van der Waals surface area contributed by atoms with Crippen molar-refractivity contribution >= 4 is 15.9 Å².